The molecule has 0 unspecified atom stereocenters. The number of nitrogens with zero attached hydrogens (tertiary/aromatic N) is 2. The average Bonchev–Trinajstić information content (AvgIpc) is 2.73. The summed E-state index contributed by atoms with van der Waals surface area (Å²) in [6, 6.07) is 22.3. The summed E-state index contributed by atoms with van der Waals surface area (Å²) < 4.78 is 1.39. The molecule has 0 spiro atoms. The minimum Gasteiger partial charge on any atom is -0.356 e. The zero-order valence-corrected chi connectivity index (χ0v) is 15.2. The predicted molar refractivity (Wildman–Crippen MR) is 111 cm³/mol. The number of para-hydroxylation sites is 1. The molecule has 4 rings (SSSR count). The summed E-state index contributed by atoms with van der Waals surface area (Å²) in [5.41, 5.74) is 2.72. The summed E-state index contributed by atoms with van der Waals surface area (Å²) in [5.74, 6) is -0.449. The van der Waals surface area contributed by atoms with Crippen LogP contribution in [0, 0.1) is 0 Å². The van der Waals surface area contributed by atoms with Gasteiger partial charge in [0.05, 0.1) is 0 Å². The maximum atomic E-state index is 12.6. The van der Waals surface area contributed by atoms with Gasteiger partial charge >= 0.3 is 0 Å². The van der Waals surface area contributed by atoms with Crippen LogP contribution >= 0.6 is 0 Å². The van der Waals surface area contributed by atoms with Gasteiger partial charge in [-0.1, -0.05) is 18.2 Å². The quantitative estimate of drug-likeness (QED) is 0.571. The summed E-state index contributed by atoms with van der Waals surface area (Å²) in [4.78, 5) is 29.4. The molecule has 0 saturated heterocycles. The Morgan fingerprint density at radius 3 is 2.32 bits per heavy atom. The number of aryl methyl sites for hydroxylation is 1. The number of rotatable bonds is 4. The van der Waals surface area contributed by atoms with E-state index in [0.29, 0.717) is 11.3 Å². The Balaban J connectivity index is 1.55. The van der Waals surface area contributed by atoms with Crippen LogP contribution in [0.4, 0.5) is 17.1 Å². The summed E-state index contributed by atoms with van der Waals surface area (Å²) in [6.07, 6.45) is 1.62. The first-order valence-electron chi connectivity index (χ1n) is 8.80. The largest absolute Gasteiger partial charge is 0.356 e. The molecule has 0 aliphatic rings. The third-order valence-electron chi connectivity index (χ3n) is 4.42. The number of hydrogen-bond acceptors (Lipinski definition) is 4. The van der Waals surface area contributed by atoms with E-state index in [1.54, 1.807) is 37.5 Å². The van der Waals surface area contributed by atoms with Gasteiger partial charge in [0.25, 0.3) is 11.5 Å². The van der Waals surface area contributed by atoms with Crippen molar-refractivity contribution in [2.45, 2.75) is 0 Å². The highest BCUT2D eigenvalue weighted by Crippen LogP contribution is 2.19. The highest BCUT2D eigenvalue weighted by molar-refractivity contribution is 6.05. The third-order valence-corrected chi connectivity index (χ3v) is 4.42. The fraction of sp³-hybridized carbons (Fsp3) is 0.0455. The number of pyridine rings is 2. The number of aromatic nitrogens is 2. The highest BCUT2D eigenvalue weighted by atomic mass is 16.2. The van der Waals surface area contributed by atoms with Crippen molar-refractivity contribution in [3.63, 3.8) is 0 Å². The second-order valence-corrected chi connectivity index (χ2v) is 6.36. The van der Waals surface area contributed by atoms with Crippen LogP contribution in [-0.2, 0) is 7.05 Å². The molecule has 0 aliphatic carbocycles. The van der Waals surface area contributed by atoms with Crippen LogP contribution in [0.2, 0.25) is 0 Å². The molecule has 28 heavy (non-hydrogen) atoms. The molecule has 138 valence electrons. The van der Waals surface area contributed by atoms with Crippen molar-refractivity contribution >= 4 is 34.0 Å². The summed E-state index contributed by atoms with van der Waals surface area (Å²) >= 11 is 0. The van der Waals surface area contributed by atoms with Gasteiger partial charge in [-0.2, -0.15) is 0 Å². The van der Waals surface area contributed by atoms with Gasteiger partial charge in [0, 0.05) is 35.7 Å². The molecule has 0 atom stereocenters. The molecule has 0 aliphatic heterocycles. The van der Waals surface area contributed by atoms with E-state index < -0.39 is 5.91 Å². The molecule has 6 heteroatoms. The number of anilines is 3. The third kappa shape index (κ3) is 3.48. The van der Waals surface area contributed by atoms with Gasteiger partial charge in [-0.15, -0.1) is 0 Å². The Hall–Kier alpha value is -3.93. The van der Waals surface area contributed by atoms with E-state index in [4.69, 9.17) is 0 Å². The molecular formula is C22H18N4O2. The number of carbonyl (C=O) groups excluding carboxylic acids is 1. The van der Waals surface area contributed by atoms with Crippen molar-refractivity contribution in [1.82, 2.24) is 9.55 Å². The van der Waals surface area contributed by atoms with Crippen molar-refractivity contribution in [2.75, 3.05) is 10.6 Å². The number of hydrogen-bond donors (Lipinski definition) is 2. The molecule has 2 aromatic heterocycles. The summed E-state index contributed by atoms with van der Waals surface area (Å²) in [5, 5.41) is 6.79. The molecule has 6 nitrogen and oxygen atoms in total. The normalized spacial score (nSPS) is 10.6. The van der Waals surface area contributed by atoms with E-state index in [9.17, 15) is 9.59 Å². The fourth-order valence-electron chi connectivity index (χ4n) is 2.98. The van der Waals surface area contributed by atoms with E-state index in [0.717, 1.165) is 16.8 Å². The molecule has 0 radical (unpaired) electrons. The average molecular weight is 370 g/mol. The molecule has 0 fully saturated rings. The minimum absolute atomic E-state index is 0.0782. The second-order valence-electron chi connectivity index (χ2n) is 6.36. The number of benzene rings is 2. The van der Waals surface area contributed by atoms with Gasteiger partial charge in [0.2, 0.25) is 0 Å². The van der Waals surface area contributed by atoms with E-state index >= 15 is 0 Å². The lowest BCUT2D eigenvalue weighted by Crippen LogP contribution is -2.28. The van der Waals surface area contributed by atoms with E-state index in [2.05, 4.69) is 15.6 Å². The molecular weight excluding hydrogens is 352 g/mol. The lowest BCUT2D eigenvalue weighted by Gasteiger charge is -2.10. The summed E-state index contributed by atoms with van der Waals surface area (Å²) in [7, 11) is 1.61. The smallest absolute Gasteiger partial charge is 0.264 e. The van der Waals surface area contributed by atoms with Crippen molar-refractivity contribution in [3.8, 4) is 0 Å². The Morgan fingerprint density at radius 1 is 0.893 bits per heavy atom. The first kappa shape index (κ1) is 17.5. The molecule has 0 saturated carbocycles. The minimum atomic E-state index is -0.449. The molecule has 4 aromatic rings. The Bertz CT molecular complexity index is 1200. The Labute approximate surface area is 161 Å². The number of fused-ring (bicyclic) bond motifs is 1. The van der Waals surface area contributed by atoms with E-state index in [1.165, 1.54) is 4.57 Å². The zero-order valence-electron chi connectivity index (χ0n) is 15.2. The predicted octanol–water partition coefficient (Wildman–Crippen LogP) is 3.93. The number of carbonyl (C=O) groups is 1. The van der Waals surface area contributed by atoms with Crippen LogP contribution in [-0.4, -0.2) is 15.5 Å². The second kappa shape index (κ2) is 7.36. The topological polar surface area (TPSA) is 76.0 Å². The van der Waals surface area contributed by atoms with Crippen molar-refractivity contribution in [3.05, 3.63) is 94.9 Å². The highest BCUT2D eigenvalue weighted by Gasteiger charge is 2.14. The maximum absolute atomic E-state index is 12.6. The first-order valence-corrected chi connectivity index (χ1v) is 8.80. The fourth-order valence-corrected chi connectivity index (χ4v) is 2.98. The standard InChI is InChI=1S/C22H18N4O2/c1-26-20-15(6-5-13-23-20)14-19(22(26)28)21(27)25-18-11-9-17(10-12-18)24-16-7-3-2-4-8-16/h2-14,24H,1H3,(H,25,27). The van der Waals surface area contributed by atoms with Crippen molar-refractivity contribution in [2.24, 2.45) is 7.05 Å². The van der Waals surface area contributed by atoms with Crippen LogP contribution in [0.5, 0.6) is 0 Å². The van der Waals surface area contributed by atoms with Crippen LogP contribution in [0.25, 0.3) is 11.0 Å². The van der Waals surface area contributed by atoms with Crippen LogP contribution in [0.3, 0.4) is 0 Å². The first-order chi connectivity index (χ1) is 13.6. The van der Waals surface area contributed by atoms with Gasteiger partial charge in [0.1, 0.15) is 11.2 Å². The monoisotopic (exact) mass is 370 g/mol. The van der Waals surface area contributed by atoms with Gasteiger partial charge in [-0.25, -0.2) is 4.98 Å². The molecule has 1 amide bonds. The summed E-state index contributed by atoms with van der Waals surface area (Å²) in [6.45, 7) is 0. The Morgan fingerprint density at radius 2 is 1.57 bits per heavy atom. The van der Waals surface area contributed by atoms with E-state index in [1.807, 2.05) is 48.5 Å². The van der Waals surface area contributed by atoms with Crippen molar-refractivity contribution < 1.29 is 4.79 Å². The van der Waals surface area contributed by atoms with Crippen LogP contribution in [0.15, 0.2) is 83.8 Å². The lowest BCUT2D eigenvalue weighted by atomic mass is 10.2. The Kier molecular flexibility index (Phi) is 4.60. The molecule has 0 bridgehead atoms. The maximum Gasteiger partial charge on any atom is 0.264 e. The molecule has 2 aromatic carbocycles. The van der Waals surface area contributed by atoms with Gasteiger partial charge in [0.15, 0.2) is 0 Å². The van der Waals surface area contributed by atoms with Crippen LogP contribution in [0.1, 0.15) is 10.4 Å². The zero-order chi connectivity index (χ0) is 19.5. The molecule has 2 N–H and O–H groups in total. The SMILES string of the molecule is Cn1c(=O)c(C(=O)Nc2ccc(Nc3ccccc3)cc2)cc2cccnc21. The molecule has 2 heterocycles. The van der Waals surface area contributed by atoms with Gasteiger partial charge in [-0.3, -0.25) is 14.2 Å². The van der Waals surface area contributed by atoms with Crippen molar-refractivity contribution in [1.29, 1.82) is 0 Å². The number of nitrogens with one attached hydrogen (secondary N) is 2. The number of amides is 1. The van der Waals surface area contributed by atoms with Gasteiger partial charge in [-0.05, 0) is 54.6 Å². The van der Waals surface area contributed by atoms with Crippen LogP contribution < -0.4 is 16.2 Å². The van der Waals surface area contributed by atoms with Gasteiger partial charge < -0.3 is 10.6 Å². The lowest BCUT2D eigenvalue weighted by molar-refractivity contribution is 0.102. The van der Waals surface area contributed by atoms with E-state index in [-0.39, 0.29) is 11.1 Å².